The topological polar surface area (TPSA) is 87.3 Å². The molecular weight excluding hydrogens is 262 g/mol. The monoisotopic (exact) mass is 275 g/mol. The molecule has 1 heterocycles. The summed E-state index contributed by atoms with van der Waals surface area (Å²) in [5, 5.41) is 14.3. The van der Waals surface area contributed by atoms with Crippen LogP contribution in [0.1, 0.15) is 17.3 Å². The zero-order valence-electron chi connectivity index (χ0n) is 10.9. The molecule has 0 N–H and O–H groups in total. The van der Waals surface area contributed by atoms with Crippen molar-refractivity contribution >= 4 is 11.5 Å². The second-order valence-electron chi connectivity index (χ2n) is 4.03. The Bertz CT molecular complexity index is 619. The number of aromatic nitrogens is 2. The first-order valence-electron chi connectivity index (χ1n) is 6.03. The van der Waals surface area contributed by atoms with Crippen LogP contribution in [0.4, 0.5) is 5.69 Å². The van der Waals surface area contributed by atoms with Crippen molar-refractivity contribution in [2.24, 2.45) is 0 Å². The lowest BCUT2D eigenvalue weighted by molar-refractivity contribution is -0.385. The minimum absolute atomic E-state index is 0.0399. The average Bonchev–Trinajstić information content (AvgIpc) is 2.88. The van der Waals surface area contributed by atoms with Gasteiger partial charge in [0.15, 0.2) is 5.78 Å². The Labute approximate surface area is 114 Å². The maximum atomic E-state index is 12.0. The van der Waals surface area contributed by atoms with Gasteiger partial charge in [-0.05, 0) is 31.2 Å². The Hall–Kier alpha value is -2.70. The van der Waals surface area contributed by atoms with Crippen LogP contribution in [-0.2, 0) is 6.54 Å². The fourth-order valence-corrected chi connectivity index (χ4v) is 1.68. The maximum absolute atomic E-state index is 12.0. The van der Waals surface area contributed by atoms with E-state index in [9.17, 15) is 14.9 Å². The maximum Gasteiger partial charge on any atom is 0.307 e. The van der Waals surface area contributed by atoms with Crippen molar-refractivity contribution in [3.63, 3.8) is 0 Å². The van der Waals surface area contributed by atoms with Crippen molar-refractivity contribution in [3.8, 4) is 5.75 Å². The summed E-state index contributed by atoms with van der Waals surface area (Å²) in [6.07, 6.45) is 2.35. The summed E-state index contributed by atoms with van der Waals surface area (Å²) in [6.45, 7) is 2.40. The number of carbonyl (C=O) groups is 1. The highest BCUT2D eigenvalue weighted by molar-refractivity contribution is 5.95. The standard InChI is InChI=1S/C13H13N3O4/c1-2-20-12-5-3-10(4-6-12)13(17)9-15-8-11(7-14-15)16(18)19/h3-8H,2,9H2,1H3. The SMILES string of the molecule is CCOc1ccc(C(=O)Cn2cc([N+](=O)[O-])cn2)cc1. The van der Waals surface area contributed by atoms with Gasteiger partial charge in [-0.2, -0.15) is 5.10 Å². The van der Waals surface area contributed by atoms with E-state index in [1.165, 1.54) is 10.9 Å². The van der Waals surface area contributed by atoms with Gasteiger partial charge in [-0.1, -0.05) is 0 Å². The minimum atomic E-state index is -0.551. The van der Waals surface area contributed by atoms with Crippen LogP contribution in [0, 0.1) is 10.1 Å². The molecule has 0 spiro atoms. The number of ether oxygens (including phenoxy) is 1. The van der Waals surface area contributed by atoms with E-state index in [1.54, 1.807) is 24.3 Å². The van der Waals surface area contributed by atoms with E-state index >= 15 is 0 Å². The van der Waals surface area contributed by atoms with Gasteiger partial charge in [0, 0.05) is 5.56 Å². The number of hydrogen-bond donors (Lipinski definition) is 0. The Kier molecular flexibility index (Phi) is 4.09. The van der Waals surface area contributed by atoms with Gasteiger partial charge in [-0.3, -0.25) is 19.6 Å². The van der Waals surface area contributed by atoms with Crippen LogP contribution in [-0.4, -0.2) is 27.1 Å². The molecule has 20 heavy (non-hydrogen) atoms. The van der Waals surface area contributed by atoms with Crippen molar-refractivity contribution in [3.05, 3.63) is 52.3 Å². The first-order valence-corrected chi connectivity index (χ1v) is 6.03. The molecule has 0 bridgehead atoms. The van der Waals surface area contributed by atoms with Gasteiger partial charge in [0.05, 0.1) is 11.5 Å². The predicted molar refractivity (Wildman–Crippen MR) is 70.8 cm³/mol. The van der Waals surface area contributed by atoms with Crippen LogP contribution in [0.15, 0.2) is 36.7 Å². The van der Waals surface area contributed by atoms with Gasteiger partial charge in [0.25, 0.3) is 0 Å². The first-order chi connectivity index (χ1) is 9.60. The summed E-state index contributed by atoms with van der Waals surface area (Å²) in [5.74, 6) is 0.518. The third-order valence-corrected chi connectivity index (χ3v) is 2.62. The van der Waals surface area contributed by atoms with E-state index < -0.39 is 4.92 Å². The molecule has 2 aromatic rings. The highest BCUT2D eigenvalue weighted by Gasteiger charge is 2.12. The molecule has 0 radical (unpaired) electrons. The van der Waals surface area contributed by atoms with E-state index in [-0.39, 0.29) is 18.0 Å². The van der Waals surface area contributed by atoms with Gasteiger partial charge in [0.2, 0.25) is 0 Å². The summed E-state index contributed by atoms with van der Waals surface area (Å²) < 4.78 is 6.53. The van der Waals surface area contributed by atoms with Crippen LogP contribution < -0.4 is 4.74 Å². The van der Waals surface area contributed by atoms with Gasteiger partial charge in [0.1, 0.15) is 24.7 Å². The van der Waals surface area contributed by atoms with Crippen LogP contribution >= 0.6 is 0 Å². The van der Waals surface area contributed by atoms with E-state index in [4.69, 9.17) is 4.74 Å². The number of carbonyl (C=O) groups excluding carboxylic acids is 1. The second-order valence-corrected chi connectivity index (χ2v) is 4.03. The first kappa shape index (κ1) is 13.7. The molecule has 0 aliphatic heterocycles. The van der Waals surface area contributed by atoms with Crippen molar-refractivity contribution in [1.29, 1.82) is 0 Å². The molecule has 104 valence electrons. The Morgan fingerprint density at radius 3 is 2.65 bits per heavy atom. The molecule has 0 aliphatic carbocycles. The van der Waals surface area contributed by atoms with Crippen LogP contribution in [0.3, 0.4) is 0 Å². The lowest BCUT2D eigenvalue weighted by Crippen LogP contribution is -2.10. The third kappa shape index (κ3) is 3.19. The number of rotatable bonds is 6. The van der Waals surface area contributed by atoms with E-state index in [0.717, 1.165) is 6.20 Å². The quantitative estimate of drug-likeness (QED) is 0.457. The van der Waals surface area contributed by atoms with E-state index in [0.29, 0.717) is 17.9 Å². The van der Waals surface area contributed by atoms with Gasteiger partial charge in [-0.25, -0.2) is 0 Å². The highest BCUT2D eigenvalue weighted by Crippen LogP contribution is 2.14. The Morgan fingerprint density at radius 1 is 1.40 bits per heavy atom. The second kappa shape index (κ2) is 5.96. The van der Waals surface area contributed by atoms with E-state index in [1.807, 2.05) is 6.92 Å². The zero-order valence-corrected chi connectivity index (χ0v) is 10.9. The molecule has 2 rings (SSSR count). The molecule has 0 amide bonds. The predicted octanol–water partition coefficient (Wildman–Crippen LogP) is 2.07. The van der Waals surface area contributed by atoms with Crippen LogP contribution in [0.2, 0.25) is 0 Å². The number of nitro groups is 1. The summed E-state index contributed by atoms with van der Waals surface area (Å²) in [5.41, 5.74) is 0.371. The Balaban J connectivity index is 2.05. The molecule has 0 saturated heterocycles. The summed E-state index contributed by atoms with van der Waals surface area (Å²) >= 11 is 0. The molecule has 1 aromatic heterocycles. The largest absolute Gasteiger partial charge is 0.494 e. The fraction of sp³-hybridized carbons (Fsp3) is 0.231. The van der Waals surface area contributed by atoms with Crippen molar-refractivity contribution in [2.75, 3.05) is 6.61 Å². The lowest BCUT2D eigenvalue weighted by atomic mass is 10.1. The van der Waals surface area contributed by atoms with Crippen molar-refractivity contribution in [2.45, 2.75) is 13.5 Å². The normalized spacial score (nSPS) is 10.2. The molecule has 0 aliphatic rings. The van der Waals surface area contributed by atoms with Gasteiger partial charge in [-0.15, -0.1) is 0 Å². The average molecular weight is 275 g/mol. The molecular formula is C13H13N3O4. The van der Waals surface area contributed by atoms with Gasteiger partial charge >= 0.3 is 5.69 Å². The number of Topliss-reactive ketones (excluding diaryl/α,β-unsaturated/α-hetero) is 1. The molecule has 0 fully saturated rings. The molecule has 7 nitrogen and oxygen atoms in total. The zero-order chi connectivity index (χ0) is 14.5. The molecule has 1 aromatic carbocycles. The van der Waals surface area contributed by atoms with Crippen molar-refractivity contribution < 1.29 is 14.5 Å². The number of benzene rings is 1. The smallest absolute Gasteiger partial charge is 0.307 e. The minimum Gasteiger partial charge on any atom is -0.494 e. The lowest BCUT2D eigenvalue weighted by Gasteiger charge is -2.04. The van der Waals surface area contributed by atoms with Crippen LogP contribution in [0.5, 0.6) is 5.75 Å². The summed E-state index contributed by atoms with van der Waals surface area (Å²) in [7, 11) is 0. The number of ketones is 1. The highest BCUT2D eigenvalue weighted by atomic mass is 16.6. The van der Waals surface area contributed by atoms with Crippen LogP contribution in [0.25, 0.3) is 0 Å². The number of nitrogens with zero attached hydrogens (tertiary/aromatic N) is 3. The summed E-state index contributed by atoms with van der Waals surface area (Å²) in [4.78, 5) is 22.0. The fourth-order valence-electron chi connectivity index (χ4n) is 1.68. The summed E-state index contributed by atoms with van der Waals surface area (Å²) in [6, 6.07) is 6.74. The molecule has 0 atom stereocenters. The molecule has 0 unspecified atom stereocenters. The van der Waals surface area contributed by atoms with E-state index in [2.05, 4.69) is 5.10 Å². The van der Waals surface area contributed by atoms with Crippen molar-refractivity contribution in [1.82, 2.24) is 9.78 Å². The van der Waals surface area contributed by atoms with Gasteiger partial charge < -0.3 is 4.74 Å². The molecule has 0 saturated carbocycles. The third-order valence-electron chi connectivity index (χ3n) is 2.62. The molecule has 7 heteroatoms. The Morgan fingerprint density at radius 2 is 2.10 bits per heavy atom. The number of hydrogen-bond acceptors (Lipinski definition) is 5.